The summed E-state index contributed by atoms with van der Waals surface area (Å²) >= 11 is 0. The third-order valence-electron chi connectivity index (χ3n) is 12.9. The summed E-state index contributed by atoms with van der Waals surface area (Å²) in [6, 6.07) is 19.6. The fraction of sp³-hybridized carbons (Fsp3) is 0.373. The average molecular weight is 933 g/mol. The van der Waals surface area contributed by atoms with Crippen LogP contribution in [0.3, 0.4) is 0 Å². The third-order valence-corrected chi connectivity index (χ3v) is 15.6. The molecular weight excluding hydrogens is 877 g/mol. The minimum atomic E-state index is -4.73. The third kappa shape index (κ3) is 9.64. The van der Waals surface area contributed by atoms with Gasteiger partial charge in [-0.15, -0.1) is 5.06 Å². The summed E-state index contributed by atoms with van der Waals surface area (Å²) in [6.45, 7) is 8.72. The lowest BCUT2D eigenvalue weighted by Gasteiger charge is -2.27. The SMILES string of the molecule is CN(C)S(=O)(=O)c1ccc2c(c1)C(C)(C)C(/C=C/C1=C(C#Cc3ccccc3)C(=C\C=C3/N(CCCCCC(=O)ON4C(=O)CCC4=O)c4ccc(S(=O)(=O)[O-])cc4C3(C)C)/CCC1)=[N+]2C. The van der Waals surface area contributed by atoms with E-state index in [0.717, 1.165) is 69.9 Å². The van der Waals surface area contributed by atoms with Crippen LogP contribution in [0.1, 0.15) is 102 Å². The van der Waals surface area contributed by atoms with Crippen LogP contribution in [-0.4, -0.2) is 86.5 Å². The smallest absolute Gasteiger partial charge is 0.333 e. The van der Waals surface area contributed by atoms with Gasteiger partial charge in [-0.25, -0.2) is 25.9 Å². The van der Waals surface area contributed by atoms with E-state index in [4.69, 9.17) is 4.84 Å². The van der Waals surface area contributed by atoms with Crippen LogP contribution in [0.2, 0.25) is 0 Å². The number of rotatable bonds is 13. The molecule has 346 valence electrons. The Kier molecular flexibility index (Phi) is 13.6. The standard InChI is InChI=1S/C51H56N4O9S2/c1-50(2)41-33-38(65(59,60)52(5)6)23-26-43(41)53(7)45(50)28-21-36-17-14-18-37(40(36)25-20-35-15-10-8-11-16-35)22-29-46-51(3,4)42-34-39(66(61,62)63)24-27-44(42)54(46)32-13-9-12-19-49(58)64-55-47(56)30-31-48(55)57/h8,10-11,15-16,21-24,26-29,33-34H,9,12-14,17-19,30-32H2,1-7H3. The van der Waals surface area contributed by atoms with Crippen LogP contribution < -0.4 is 4.90 Å². The highest BCUT2D eigenvalue weighted by Gasteiger charge is 2.44. The molecule has 3 heterocycles. The van der Waals surface area contributed by atoms with Crippen molar-refractivity contribution in [2.75, 3.05) is 32.6 Å². The Morgan fingerprint density at radius 3 is 2.18 bits per heavy atom. The van der Waals surface area contributed by atoms with Gasteiger partial charge in [0, 0.05) is 85.5 Å². The second kappa shape index (κ2) is 18.8. The molecule has 0 N–H and O–H groups in total. The predicted molar refractivity (Wildman–Crippen MR) is 251 cm³/mol. The fourth-order valence-corrected chi connectivity index (χ4v) is 10.6. The molecule has 0 saturated carbocycles. The number of anilines is 1. The molecule has 7 rings (SSSR count). The van der Waals surface area contributed by atoms with Crippen LogP contribution in [0.15, 0.2) is 123 Å². The molecule has 1 fully saturated rings. The van der Waals surface area contributed by atoms with E-state index in [2.05, 4.69) is 59.5 Å². The van der Waals surface area contributed by atoms with Crippen molar-refractivity contribution in [1.82, 2.24) is 9.37 Å². The molecule has 13 nitrogen and oxygen atoms in total. The van der Waals surface area contributed by atoms with Crippen molar-refractivity contribution in [1.29, 1.82) is 0 Å². The molecule has 1 saturated heterocycles. The van der Waals surface area contributed by atoms with E-state index in [-0.39, 0.29) is 29.1 Å². The number of imide groups is 1. The Hall–Kier alpha value is -5.92. The Labute approximate surface area is 388 Å². The minimum absolute atomic E-state index is 0.0218. The Balaban J connectivity index is 1.22. The van der Waals surface area contributed by atoms with E-state index in [0.29, 0.717) is 36.4 Å². The Morgan fingerprint density at radius 1 is 0.818 bits per heavy atom. The van der Waals surface area contributed by atoms with Gasteiger partial charge >= 0.3 is 5.97 Å². The van der Waals surface area contributed by atoms with E-state index in [1.807, 2.05) is 57.3 Å². The number of hydrogen-bond acceptors (Lipinski definition) is 10. The molecule has 1 aliphatic carbocycles. The molecule has 0 spiro atoms. The summed E-state index contributed by atoms with van der Waals surface area (Å²) < 4.78 is 66.2. The van der Waals surface area contributed by atoms with Crippen LogP contribution in [0, 0.1) is 11.8 Å². The van der Waals surface area contributed by atoms with Gasteiger partial charge < -0.3 is 14.3 Å². The van der Waals surface area contributed by atoms with Gasteiger partial charge in [0.2, 0.25) is 15.7 Å². The van der Waals surface area contributed by atoms with Crippen molar-refractivity contribution in [3.05, 3.63) is 130 Å². The van der Waals surface area contributed by atoms with E-state index >= 15 is 0 Å². The number of carbonyl (C=O) groups excluding carboxylic acids is 3. The Morgan fingerprint density at radius 2 is 1.50 bits per heavy atom. The highest BCUT2D eigenvalue weighted by molar-refractivity contribution is 7.89. The van der Waals surface area contributed by atoms with Crippen LogP contribution >= 0.6 is 0 Å². The second-order valence-electron chi connectivity index (χ2n) is 18.2. The summed E-state index contributed by atoms with van der Waals surface area (Å²) in [6.07, 6.45) is 12.6. The summed E-state index contributed by atoms with van der Waals surface area (Å²) in [5.41, 5.74) is 7.88. The molecule has 4 aliphatic rings. The van der Waals surface area contributed by atoms with Crippen molar-refractivity contribution < 1.29 is 45.2 Å². The summed E-state index contributed by atoms with van der Waals surface area (Å²) in [7, 11) is -3.32. The van der Waals surface area contributed by atoms with E-state index in [1.165, 1.54) is 30.5 Å². The van der Waals surface area contributed by atoms with Crippen molar-refractivity contribution in [2.24, 2.45) is 0 Å². The zero-order chi connectivity index (χ0) is 47.8. The molecule has 66 heavy (non-hydrogen) atoms. The molecule has 0 unspecified atom stereocenters. The summed E-state index contributed by atoms with van der Waals surface area (Å²) in [5.74, 6) is 5.20. The number of sulfonamides is 1. The number of hydroxylamine groups is 2. The van der Waals surface area contributed by atoms with Crippen molar-refractivity contribution >= 4 is 55.0 Å². The summed E-state index contributed by atoms with van der Waals surface area (Å²) in [5, 5.41) is 0.555. The van der Waals surface area contributed by atoms with Crippen LogP contribution in [-0.2, 0) is 50.2 Å². The largest absolute Gasteiger partial charge is 0.744 e. The van der Waals surface area contributed by atoms with Crippen molar-refractivity contribution in [3.8, 4) is 11.8 Å². The molecule has 2 amide bonds. The highest BCUT2D eigenvalue weighted by Crippen LogP contribution is 2.49. The van der Waals surface area contributed by atoms with Crippen molar-refractivity contribution in [3.63, 3.8) is 0 Å². The topological polar surface area (TPSA) is 165 Å². The molecule has 0 radical (unpaired) electrons. The fourth-order valence-electron chi connectivity index (χ4n) is 9.19. The summed E-state index contributed by atoms with van der Waals surface area (Å²) in [4.78, 5) is 43.4. The van der Waals surface area contributed by atoms with Gasteiger partial charge in [-0.3, -0.25) is 9.59 Å². The number of allylic oxidation sites excluding steroid dienone is 8. The first-order valence-corrected chi connectivity index (χ1v) is 25.0. The van der Waals surface area contributed by atoms with E-state index < -0.39 is 48.8 Å². The van der Waals surface area contributed by atoms with Crippen LogP contribution in [0.25, 0.3) is 0 Å². The number of unbranched alkanes of at least 4 members (excludes halogenated alkanes) is 2. The van der Waals surface area contributed by atoms with Gasteiger partial charge in [0.1, 0.15) is 17.2 Å². The van der Waals surface area contributed by atoms with Crippen LogP contribution in [0.4, 0.5) is 11.4 Å². The average Bonchev–Trinajstić information content (AvgIpc) is 3.77. The molecular formula is C51H56N4O9S2. The molecule has 15 heteroatoms. The quantitative estimate of drug-likeness (QED) is 0.0545. The van der Waals surface area contributed by atoms with Gasteiger partial charge in [-0.1, -0.05) is 62.5 Å². The lowest BCUT2D eigenvalue weighted by atomic mass is 9.80. The molecule has 0 atom stereocenters. The maximum Gasteiger partial charge on any atom is 0.333 e. The first-order valence-electron chi connectivity index (χ1n) is 22.1. The Bertz CT molecular complexity index is 2930. The number of hydrogen-bond donors (Lipinski definition) is 0. The normalized spacial score (nSPS) is 19.3. The van der Waals surface area contributed by atoms with E-state index in [9.17, 15) is 35.8 Å². The van der Waals surface area contributed by atoms with Crippen LogP contribution in [0.5, 0.6) is 0 Å². The first kappa shape index (κ1) is 48.0. The lowest BCUT2D eigenvalue weighted by molar-refractivity contribution is -0.401. The maximum atomic E-state index is 13.1. The van der Waals surface area contributed by atoms with Gasteiger partial charge in [-0.2, -0.15) is 4.58 Å². The minimum Gasteiger partial charge on any atom is -0.744 e. The number of amides is 2. The van der Waals surface area contributed by atoms with Crippen molar-refractivity contribution in [2.45, 2.75) is 106 Å². The molecule has 3 aromatic carbocycles. The lowest BCUT2D eigenvalue weighted by Crippen LogP contribution is -2.32. The first-order chi connectivity index (χ1) is 31.1. The molecule has 0 bridgehead atoms. The zero-order valence-corrected chi connectivity index (χ0v) is 40.1. The number of benzene rings is 3. The molecule has 3 aromatic rings. The zero-order valence-electron chi connectivity index (χ0n) is 38.5. The number of carbonyl (C=O) groups is 3. The molecule has 3 aliphatic heterocycles. The second-order valence-corrected chi connectivity index (χ2v) is 21.8. The van der Waals surface area contributed by atoms with E-state index in [1.54, 1.807) is 18.2 Å². The molecule has 0 aromatic heterocycles. The number of fused-ring (bicyclic) bond motifs is 2. The number of nitrogens with zero attached hydrogens (tertiary/aromatic N) is 4. The highest BCUT2D eigenvalue weighted by atomic mass is 32.2. The predicted octanol–water partition coefficient (Wildman–Crippen LogP) is 7.71. The van der Waals surface area contributed by atoms with Gasteiger partial charge in [-0.05, 0) is 111 Å². The van der Waals surface area contributed by atoms with Gasteiger partial charge in [0.25, 0.3) is 11.8 Å². The maximum absolute atomic E-state index is 13.1. The monoisotopic (exact) mass is 932 g/mol. The van der Waals surface area contributed by atoms with Gasteiger partial charge in [0.15, 0.2) is 5.71 Å². The van der Waals surface area contributed by atoms with Gasteiger partial charge in [0.05, 0.1) is 15.2 Å².